The number of ether oxygens (including phenoxy) is 2. The summed E-state index contributed by atoms with van der Waals surface area (Å²) in [4.78, 5) is 13.2. The third kappa shape index (κ3) is 4.06. The molecule has 0 saturated heterocycles. The number of aromatic nitrogens is 1. The predicted molar refractivity (Wildman–Crippen MR) is 112 cm³/mol. The molecule has 0 N–H and O–H groups in total. The molecule has 7 heteroatoms. The molecule has 0 amide bonds. The van der Waals surface area contributed by atoms with Crippen molar-refractivity contribution in [1.29, 1.82) is 10.5 Å². The molecule has 3 aromatic rings. The molecule has 0 saturated carbocycles. The van der Waals surface area contributed by atoms with E-state index in [1.54, 1.807) is 43.5 Å². The highest BCUT2D eigenvalue weighted by Crippen LogP contribution is 2.18. The van der Waals surface area contributed by atoms with E-state index in [1.165, 1.54) is 4.57 Å². The molecule has 144 valence electrons. The summed E-state index contributed by atoms with van der Waals surface area (Å²) in [7, 11) is 1.56. The van der Waals surface area contributed by atoms with Gasteiger partial charge in [0.15, 0.2) is 5.57 Å². The molecule has 0 spiro atoms. The SMILES string of the molecule is CCOc1ccc(-n2c(=C(C#N)C#N)s/c(=C/c3ccccc3OC)c2=O)cc1. The summed E-state index contributed by atoms with van der Waals surface area (Å²) < 4.78 is 12.8. The molecule has 0 unspecified atom stereocenters. The van der Waals surface area contributed by atoms with Gasteiger partial charge < -0.3 is 9.47 Å². The maximum absolute atomic E-state index is 13.2. The summed E-state index contributed by atoms with van der Waals surface area (Å²) in [6, 6.07) is 18.0. The van der Waals surface area contributed by atoms with Gasteiger partial charge in [0.1, 0.15) is 28.3 Å². The molecule has 3 rings (SSSR count). The van der Waals surface area contributed by atoms with E-state index < -0.39 is 0 Å². The zero-order valence-electron chi connectivity index (χ0n) is 15.9. The van der Waals surface area contributed by atoms with E-state index in [4.69, 9.17) is 9.47 Å². The van der Waals surface area contributed by atoms with Crippen LogP contribution in [0.15, 0.2) is 53.3 Å². The molecular weight excluding hydrogens is 386 g/mol. The van der Waals surface area contributed by atoms with Gasteiger partial charge in [-0.1, -0.05) is 18.2 Å². The van der Waals surface area contributed by atoms with Crippen molar-refractivity contribution >= 4 is 23.0 Å². The minimum atomic E-state index is -0.317. The van der Waals surface area contributed by atoms with Crippen molar-refractivity contribution in [1.82, 2.24) is 4.57 Å². The lowest BCUT2D eigenvalue weighted by atomic mass is 10.2. The van der Waals surface area contributed by atoms with Gasteiger partial charge in [-0.05, 0) is 43.3 Å². The molecule has 0 aliphatic heterocycles. The highest BCUT2D eigenvalue weighted by atomic mass is 32.1. The number of methoxy groups -OCH3 is 1. The number of rotatable bonds is 5. The fourth-order valence-corrected chi connectivity index (χ4v) is 3.84. The fourth-order valence-electron chi connectivity index (χ4n) is 2.79. The number of thiazole rings is 1. The third-order valence-electron chi connectivity index (χ3n) is 4.09. The highest BCUT2D eigenvalue weighted by Gasteiger charge is 2.12. The van der Waals surface area contributed by atoms with Gasteiger partial charge in [-0.25, -0.2) is 0 Å². The Morgan fingerprint density at radius 1 is 1.14 bits per heavy atom. The quantitative estimate of drug-likeness (QED) is 0.652. The zero-order valence-corrected chi connectivity index (χ0v) is 16.7. The molecule has 0 bridgehead atoms. The Kier molecular flexibility index (Phi) is 6.13. The van der Waals surface area contributed by atoms with E-state index in [-0.39, 0.29) is 15.8 Å². The summed E-state index contributed by atoms with van der Waals surface area (Å²) in [6.07, 6.45) is 1.70. The Morgan fingerprint density at radius 2 is 1.83 bits per heavy atom. The smallest absolute Gasteiger partial charge is 0.273 e. The average molecular weight is 403 g/mol. The zero-order chi connectivity index (χ0) is 20.8. The van der Waals surface area contributed by atoms with Gasteiger partial charge in [0.2, 0.25) is 0 Å². The first-order valence-electron chi connectivity index (χ1n) is 8.77. The Bertz CT molecular complexity index is 1270. The summed E-state index contributed by atoms with van der Waals surface area (Å²) in [5.74, 6) is 1.30. The second kappa shape index (κ2) is 8.92. The van der Waals surface area contributed by atoms with Crippen LogP contribution in [-0.2, 0) is 0 Å². The minimum absolute atomic E-state index is 0.124. The van der Waals surface area contributed by atoms with Gasteiger partial charge in [-0.15, -0.1) is 11.3 Å². The molecule has 0 atom stereocenters. The maximum atomic E-state index is 13.2. The van der Waals surface area contributed by atoms with Crippen LogP contribution >= 0.6 is 11.3 Å². The second-order valence-corrected chi connectivity index (χ2v) is 6.85. The summed E-state index contributed by atoms with van der Waals surface area (Å²) in [5.41, 5.74) is 0.838. The van der Waals surface area contributed by atoms with Gasteiger partial charge in [0.05, 0.1) is 23.9 Å². The second-order valence-electron chi connectivity index (χ2n) is 5.82. The van der Waals surface area contributed by atoms with Crippen molar-refractivity contribution in [3.63, 3.8) is 0 Å². The van der Waals surface area contributed by atoms with Crippen LogP contribution < -0.4 is 24.2 Å². The Labute approximate surface area is 171 Å². The molecule has 1 aromatic heterocycles. The van der Waals surface area contributed by atoms with E-state index in [2.05, 4.69) is 0 Å². The average Bonchev–Trinajstić information content (AvgIpc) is 3.06. The molecule has 29 heavy (non-hydrogen) atoms. The first-order chi connectivity index (χ1) is 14.1. The van der Waals surface area contributed by atoms with Crippen molar-refractivity contribution in [2.24, 2.45) is 0 Å². The molecule has 0 fully saturated rings. The number of benzene rings is 2. The Morgan fingerprint density at radius 3 is 2.45 bits per heavy atom. The molecule has 0 aliphatic carbocycles. The number of nitriles is 2. The Balaban J connectivity index is 2.31. The molecule has 2 aromatic carbocycles. The van der Waals surface area contributed by atoms with E-state index in [0.717, 1.165) is 16.9 Å². The van der Waals surface area contributed by atoms with Crippen molar-refractivity contribution in [3.05, 3.63) is 73.6 Å². The molecule has 6 nitrogen and oxygen atoms in total. The number of hydrogen-bond acceptors (Lipinski definition) is 6. The monoisotopic (exact) mass is 403 g/mol. The van der Waals surface area contributed by atoms with Crippen LogP contribution in [0, 0.1) is 22.7 Å². The van der Waals surface area contributed by atoms with Crippen LogP contribution in [0.2, 0.25) is 0 Å². The van der Waals surface area contributed by atoms with Gasteiger partial charge in [-0.3, -0.25) is 9.36 Å². The largest absolute Gasteiger partial charge is 0.496 e. The number of hydrogen-bond donors (Lipinski definition) is 0. The van der Waals surface area contributed by atoms with Crippen LogP contribution in [0.4, 0.5) is 0 Å². The summed E-state index contributed by atoms with van der Waals surface area (Å²) in [6.45, 7) is 2.41. The van der Waals surface area contributed by atoms with Gasteiger partial charge in [0.25, 0.3) is 5.56 Å². The van der Waals surface area contributed by atoms with Gasteiger partial charge in [-0.2, -0.15) is 10.5 Å². The van der Waals surface area contributed by atoms with E-state index in [1.807, 2.05) is 37.3 Å². The summed E-state index contributed by atoms with van der Waals surface area (Å²) in [5, 5.41) is 18.7. The molecule has 0 aliphatic rings. The fraction of sp³-hybridized carbons (Fsp3) is 0.136. The first-order valence-corrected chi connectivity index (χ1v) is 9.59. The molecular formula is C22H17N3O3S. The highest BCUT2D eigenvalue weighted by molar-refractivity contribution is 7.07. The lowest BCUT2D eigenvalue weighted by Gasteiger charge is -2.05. The van der Waals surface area contributed by atoms with Gasteiger partial charge in [0, 0.05) is 5.56 Å². The topological polar surface area (TPSA) is 88.0 Å². The van der Waals surface area contributed by atoms with E-state index >= 15 is 0 Å². The maximum Gasteiger partial charge on any atom is 0.273 e. The van der Waals surface area contributed by atoms with Crippen molar-refractivity contribution < 1.29 is 9.47 Å². The third-order valence-corrected chi connectivity index (χ3v) is 5.18. The lowest BCUT2D eigenvalue weighted by Crippen LogP contribution is -2.30. The number of nitrogens with zero attached hydrogens (tertiary/aromatic N) is 3. The Hall–Kier alpha value is -3.81. The molecule has 1 heterocycles. The van der Waals surface area contributed by atoms with Crippen LogP contribution in [0.5, 0.6) is 11.5 Å². The van der Waals surface area contributed by atoms with E-state index in [0.29, 0.717) is 28.3 Å². The van der Waals surface area contributed by atoms with Crippen LogP contribution in [0.1, 0.15) is 12.5 Å². The van der Waals surface area contributed by atoms with Gasteiger partial charge >= 0.3 is 0 Å². The lowest BCUT2D eigenvalue weighted by molar-refractivity contribution is 0.340. The van der Waals surface area contributed by atoms with Crippen molar-refractivity contribution in [3.8, 4) is 29.3 Å². The first kappa shape index (κ1) is 19.9. The number of para-hydroxylation sites is 1. The predicted octanol–water partition coefficient (Wildman–Crippen LogP) is 2.33. The van der Waals surface area contributed by atoms with Crippen LogP contribution in [0.3, 0.4) is 0 Å². The normalized spacial score (nSPS) is 10.8. The van der Waals surface area contributed by atoms with Crippen LogP contribution in [-0.4, -0.2) is 18.3 Å². The van der Waals surface area contributed by atoms with Crippen molar-refractivity contribution in [2.75, 3.05) is 13.7 Å². The van der Waals surface area contributed by atoms with E-state index in [9.17, 15) is 15.3 Å². The van der Waals surface area contributed by atoms with Crippen molar-refractivity contribution in [2.45, 2.75) is 6.92 Å². The standard InChI is InChI=1S/C22H17N3O3S/c1-3-28-18-10-8-17(9-11-18)25-21(26)20(29-22(25)16(13-23)14-24)12-15-6-4-5-7-19(15)27-2/h4-12H,3H2,1-2H3/b20-12+. The summed E-state index contributed by atoms with van der Waals surface area (Å²) >= 11 is 1.09. The molecule has 0 radical (unpaired) electrons. The minimum Gasteiger partial charge on any atom is -0.496 e. The van der Waals surface area contributed by atoms with Crippen LogP contribution in [0.25, 0.3) is 17.3 Å².